The number of ether oxygens (including phenoxy) is 2. The van der Waals surface area contributed by atoms with Gasteiger partial charge in [0.05, 0.1) is 24.1 Å². The minimum Gasteiger partial charge on any atom is -0.492 e. The lowest BCUT2D eigenvalue weighted by atomic mass is 10.1. The van der Waals surface area contributed by atoms with Gasteiger partial charge in [-0.25, -0.2) is 0 Å². The third-order valence-corrected chi connectivity index (χ3v) is 4.12. The molecular formula is C17H24BrNO4. The van der Waals surface area contributed by atoms with Crippen LogP contribution in [0.5, 0.6) is 5.75 Å². The predicted molar refractivity (Wildman–Crippen MR) is 92.3 cm³/mol. The van der Waals surface area contributed by atoms with E-state index >= 15 is 0 Å². The summed E-state index contributed by atoms with van der Waals surface area (Å²) in [5, 5.41) is 0. The molecule has 1 rings (SSSR count). The van der Waals surface area contributed by atoms with Gasteiger partial charge in [-0.05, 0) is 41.4 Å². The topological polar surface area (TPSA) is 55.8 Å². The summed E-state index contributed by atoms with van der Waals surface area (Å²) in [5.74, 6) is 0.180. The van der Waals surface area contributed by atoms with E-state index in [2.05, 4.69) is 15.9 Å². The normalized spacial score (nSPS) is 11.7. The third kappa shape index (κ3) is 6.60. The Morgan fingerprint density at radius 2 is 2.00 bits per heavy atom. The first-order chi connectivity index (χ1) is 11.0. The Hall–Kier alpha value is -1.56. The number of carbonyl (C=O) groups excluding carboxylic acids is 2. The molecule has 5 nitrogen and oxygen atoms in total. The third-order valence-electron chi connectivity index (χ3n) is 3.46. The van der Waals surface area contributed by atoms with E-state index in [1.807, 2.05) is 31.2 Å². The van der Waals surface area contributed by atoms with E-state index in [1.54, 1.807) is 11.8 Å². The first-order valence-electron chi connectivity index (χ1n) is 7.72. The van der Waals surface area contributed by atoms with E-state index in [-0.39, 0.29) is 17.8 Å². The highest BCUT2D eigenvalue weighted by atomic mass is 79.9. The van der Waals surface area contributed by atoms with Crippen LogP contribution in [0.1, 0.15) is 26.7 Å². The summed E-state index contributed by atoms with van der Waals surface area (Å²) in [6.07, 6.45) is 1.02. The zero-order chi connectivity index (χ0) is 17.2. The maximum Gasteiger partial charge on any atom is 0.310 e. The predicted octanol–water partition coefficient (Wildman–Crippen LogP) is 3.27. The molecule has 0 fully saturated rings. The quantitative estimate of drug-likeness (QED) is 0.483. The second kappa shape index (κ2) is 10.3. The number of carbonyl (C=O) groups is 2. The van der Waals surface area contributed by atoms with Gasteiger partial charge in [0, 0.05) is 19.5 Å². The second-order valence-corrected chi connectivity index (χ2v) is 6.09. The standard InChI is InChI=1S/C17H24BrNO4/c1-4-19(12-13(2)17(21)22-3)16(20)10-7-11-23-15-9-6-5-8-14(15)18/h5-6,8-9,13H,4,7,10-12H2,1-3H3. The van der Waals surface area contributed by atoms with Crippen molar-refractivity contribution in [3.63, 3.8) is 0 Å². The largest absolute Gasteiger partial charge is 0.492 e. The molecule has 1 unspecified atom stereocenters. The van der Waals surface area contributed by atoms with E-state index in [9.17, 15) is 9.59 Å². The first-order valence-corrected chi connectivity index (χ1v) is 8.51. The number of hydrogen-bond donors (Lipinski definition) is 0. The number of esters is 1. The second-order valence-electron chi connectivity index (χ2n) is 5.24. The summed E-state index contributed by atoms with van der Waals surface area (Å²) in [7, 11) is 1.36. The molecule has 0 aromatic heterocycles. The highest BCUT2D eigenvalue weighted by molar-refractivity contribution is 9.10. The maximum absolute atomic E-state index is 12.2. The molecule has 0 saturated heterocycles. The van der Waals surface area contributed by atoms with Gasteiger partial charge in [-0.1, -0.05) is 19.1 Å². The number of halogens is 1. The summed E-state index contributed by atoms with van der Waals surface area (Å²) >= 11 is 3.42. The van der Waals surface area contributed by atoms with Crippen molar-refractivity contribution < 1.29 is 19.1 Å². The van der Waals surface area contributed by atoms with Crippen LogP contribution in [0.3, 0.4) is 0 Å². The minimum absolute atomic E-state index is 0.0268. The van der Waals surface area contributed by atoms with Gasteiger partial charge in [0.25, 0.3) is 0 Å². The first kappa shape index (κ1) is 19.5. The van der Waals surface area contributed by atoms with Gasteiger partial charge in [0.15, 0.2) is 0 Å². The number of nitrogens with zero attached hydrogens (tertiary/aromatic N) is 1. The zero-order valence-corrected chi connectivity index (χ0v) is 15.5. The SMILES string of the molecule is CCN(CC(C)C(=O)OC)C(=O)CCCOc1ccccc1Br. The van der Waals surface area contributed by atoms with Crippen LogP contribution in [0.25, 0.3) is 0 Å². The Bertz CT molecular complexity index is 521. The zero-order valence-electron chi connectivity index (χ0n) is 13.9. The summed E-state index contributed by atoms with van der Waals surface area (Å²) in [6.45, 7) is 5.09. The van der Waals surface area contributed by atoms with Gasteiger partial charge in [0.1, 0.15) is 5.75 Å². The van der Waals surface area contributed by atoms with Crippen molar-refractivity contribution in [3.8, 4) is 5.75 Å². The van der Waals surface area contributed by atoms with Gasteiger partial charge in [-0.3, -0.25) is 9.59 Å². The minimum atomic E-state index is -0.319. The summed E-state index contributed by atoms with van der Waals surface area (Å²) in [5.41, 5.74) is 0. The van der Waals surface area contributed by atoms with Crippen molar-refractivity contribution in [2.24, 2.45) is 5.92 Å². The van der Waals surface area contributed by atoms with Crippen molar-refractivity contribution >= 4 is 27.8 Å². The molecule has 0 spiro atoms. The van der Waals surface area contributed by atoms with Crippen molar-refractivity contribution in [2.75, 3.05) is 26.8 Å². The fraction of sp³-hybridized carbons (Fsp3) is 0.529. The molecule has 0 heterocycles. The van der Waals surface area contributed by atoms with Crippen molar-refractivity contribution in [1.29, 1.82) is 0 Å². The molecular weight excluding hydrogens is 362 g/mol. The lowest BCUT2D eigenvalue weighted by Gasteiger charge is -2.23. The average Bonchev–Trinajstić information content (AvgIpc) is 2.56. The summed E-state index contributed by atoms with van der Waals surface area (Å²) in [6, 6.07) is 7.61. The number of para-hydroxylation sites is 1. The Morgan fingerprint density at radius 1 is 1.30 bits per heavy atom. The van der Waals surface area contributed by atoms with Crippen LogP contribution in [0.4, 0.5) is 0 Å². The molecule has 1 amide bonds. The van der Waals surface area contributed by atoms with Crippen LogP contribution in [0.2, 0.25) is 0 Å². The molecule has 0 aliphatic heterocycles. The molecule has 0 saturated carbocycles. The smallest absolute Gasteiger partial charge is 0.310 e. The molecule has 1 atom stereocenters. The van der Waals surface area contributed by atoms with Crippen LogP contribution in [0, 0.1) is 5.92 Å². The number of amides is 1. The molecule has 6 heteroatoms. The van der Waals surface area contributed by atoms with Gasteiger partial charge in [-0.15, -0.1) is 0 Å². The average molecular weight is 386 g/mol. The molecule has 0 aliphatic carbocycles. The van der Waals surface area contributed by atoms with Crippen LogP contribution in [-0.2, 0) is 14.3 Å². The Kier molecular flexibility index (Phi) is 8.69. The van der Waals surface area contributed by atoms with Crippen molar-refractivity contribution in [1.82, 2.24) is 4.90 Å². The molecule has 0 aliphatic rings. The molecule has 1 aromatic rings. The van der Waals surface area contributed by atoms with E-state index in [0.717, 1.165) is 10.2 Å². The van der Waals surface area contributed by atoms with E-state index in [1.165, 1.54) is 7.11 Å². The highest BCUT2D eigenvalue weighted by Crippen LogP contribution is 2.23. The monoisotopic (exact) mass is 385 g/mol. The van der Waals surface area contributed by atoms with Gasteiger partial charge < -0.3 is 14.4 Å². The van der Waals surface area contributed by atoms with Crippen molar-refractivity contribution in [3.05, 3.63) is 28.7 Å². The van der Waals surface area contributed by atoms with Crippen LogP contribution < -0.4 is 4.74 Å². The maximum atomic E-state index is 12.2. The Balaban J connectivity index is 2.36. The van der Waals surface area contributed by atoms with E-state index < -0.39 is 0 Å². The molecule has 0 radical (unpaired) electrons. The van der Waals surface area contributed by atoms with Crippen LogP contribution in [0.15, 0.2) is 28.7 Å². The molecule has 128 valence electrons. The van der Waals surface area contributed by atoms with Gasteiger partial charge in [-0.2, -0.15) is 0 Å². The summed E-state index contributed by atoms with van der Waals surface area (Å²) in [4.78, 5) is 25.3. The Morgan fingerprint density at radius 3 is 2.61 bits per heavy atom. The van der Waals surface area contributed by atoms with Gasteiger partial charge >= 0.3 is 5.97 Å². The number of hydrogen-bond acceptors (Lipinski definition) is 4. The fourth-order valence-electron chi connectivity index (χ4n) is 2.14. The lowest BCUT2D eigenvalue weighted by Crippen LogP contribution is -2.37. The summed E-state index contributed by atoms with van der Waals surface area (Å²) < 4.78 is 11.2. The van der Waals surface area contributed by atoms with Crippen molar-refractivity contribution in [2.45, 2.75) is 26.7 Å². The van der Waals surface area contributed by atoms with Crippen LogP contribution >= 0.6 is 15.9 Å². The number of methoxy groups -OCH3 is 1. The lowest BCUT2D eigenvalue weighted by molar-refractivity contribution is -0.146. The highest BCUT2D eigenvalue weighted by Gasteiger charge is 2.20. The number of benzene rings is 1. The van der Waals surface area contributed by atoms with Crippen LogP contribution in [-0.4, -0.2) is 43.6 Å². The number of rotatable bonds is 9. The molecule has 0 N–H and O–H groups in total. The van der Waals surface area contributed by atoms with E-state index in [0.29, 0.717) is 32.5 Å². The molecule has 23 heavy (non-hydrogen) atoms. The molecule has 1 aromatic carbocycles. The molecule has 0 bridgehead atoms. The van der Waals surface area contributed by atoms with E-state index in [4.69, 9.17) is 9.47 Å². The fourth-order valence-corrected chi connectivity index (χ4v) is 2.54. The van der Waals surface area contributed by atoms with Gasteiger partial charge in [0.2, 0.25) is 5.91 Å². The Labute approximate surface area is 146 Å².